The second kappa shape index (κ2) is 4.96. The van der Waals surface area contributed by atoms with Crippen LogP contribution in [0.15, 0.2) is 17.1 Å². The Morgan fingerprint density at radius 3 is 2.79 bits per heavy atom. The van der Waals surface area contributed by atoms with Crippen LogP contribution in [0.5, 0.6) is 0 Å². The van der Waals surface area contributed by atoms with Crippen LogP contribution in [-0.2, 0) is 6.54 Å². The molecule has 2 heterocycles. The molecule has 1 aliphatic heterocycles. The highest BCUT2D eigenvalue weighted by Crippen LogP contribution is 2.36. The van der Waals surface area contributed by atoms with E-state index in [1.807, 2.05) is 19.0 Å². The van der Waals surface area contributed by atoms with Gasteiger partial charge in [0.05, 0.1) is 18.4 Å². The number of likely N-dealkylation sites (tertiary alicyclic amines) is 1. The van der Waals surface area contributed by atoms with E-state index in [4.69, 9.17) is 0 Å². The number of piperidine rings is 1. The summed E-state index contributed by atoms with van der Waals surface area (Å²) in [5, 5.41) is 4.26. The number of rotatable bonds is 4. The summed E-state index contributed by atoms with van der Waals surface area (Å²) in [6.45, 7) is 2.88. The van der Waals surface area contributed by atoms with Crippen LogP contribution < -0.4 is 10.5 Å². The van der Waals surface area contributed by atoms with Crippen LogP contribution >= 0.6 is 0 Å². The predicted octanol–water partition coefficient (Wildman–Crippen LogP) is 0.794. The lowest BCUT2D eigenvalue weighted by molar-refractivity contribution is 0.202. The molecule has 0 radical (unpaired) electrons. The Morgan fingerprint density at radius 1 is 1.37 bits per heavy atom. The second-order valence-corrected chi connectivity index (χ2v) is 6.00. The molecule has 1 aliphatic carbocycles. The summed E-state index contributed by atoms with van der Waals surface area (Å²) in [6, 6.07) is 2.42. The fourth-order valence-corrected chi connectivity index (χ4v) is 3.36. The van der Waals surface area contributed by atoms with E-state index in [9.17, 15) is 4.79 Å². The maximum Gasteiger partial charge on any atom is 0.268 e. The highest BCUT2D eigenvalue weighted by atomic mass is 16.1. The molecule has 2 bridgehead atoms. The standard InChI is InChI=1S/C14H22N4O/c1-16(2)13-8-14(19)18(15-9-13)6-5-17-10-11-3-4-12(17)7-11/h8-9,11-12H,3-7,10H2,1-2H3/t11-,12-/m1/s1. The smallest absolute Gasteiger partial charge is 0.268 e. The van der Waals surface area contributed by atoms with Crippen LogP contribution in [0.1, 0.15) is 19.3 Å². The van der Waals surface area contributed by atoms with Crippen molar-refractivity contribution < 1.29 is 0 Å². The van der Waals surface area contributed by atoms with Gasteiger partial charge in [0.1, 0.15) is 0 Å². The molecule has 1 saturated heterocycles. The third kappa shape index (κ3) is 2.52. The first kappa shape index (κ1) is 12.7. The summed E-state index contributed by atoms with van der Waals surface area (Å²) in [7, 11) is 3.84. The number of hydrogen-bond donors (Lipinski definition) is 0. The zero-order valence-electron chi connectivity index (χ0n) is 11.7. The Morgan fingerprint density at radius 2 is 2.21 bits per heavy atom. The Hall–Kier alpha value is -1.36. The molecule has 0 N–H and O–H groups in total. The van der Waals surface area contributed by atoms with Gasteiger partial charge in [0.2, 0.25) is 0 Å². The van der Waals surface area contributed by atoms with E-state index in [0.29, 0.717) is 6.54 Å². The van der Waals surface area contributed by atoms with Crippen molar-refractivity contribution in [1.82, 2.24) is 14.7 Å². The lowest BCUT2D eigenvalue weighted by Crippen LogP contribution is -2.37. The normalized spacial score (nSPS) is 26.0. The predicted molar refractivity (Wildman–Crippen MR) is 75.5 cm³/mol. The molecule has 19 heavy (non-hydrogen) atoms. The van der Waals surface area contributed by atoms with Gasteiger partial charge in [-0.3, -0.25) is 9.69 Å². The molecule has 0 amide bonds. The number of aromatic nitrogens is 2. The Bertz CT molecular complexity index is 510. The molecule has 2 fully saturated rings. The van der Waals surface area contributed by atoms with E-state index in [-0.39, 0.29) is 5.56 Å². The van der Waals surface area contributed by atoms with Crippen LogP contribution in [-0.4, -0.2) is 47.9 Å². The van der Waals surface area contributed by atoms with Gasteiger partial charge in [-0.25, -0.2) is 4.68 Å². The third-order valence-corrected chi connectivity index (χ3v) is 4.49. The van der Waals surface area contributed by atoms with Crippen LogP contribution in [0.4, 0.5) is 5.69 Å². The first-order valence-electron chi connectivity index (χ1n) is 7.12. The van der Waals surface area contributed by atoms with Crippen molar-refractivity contribution in [3.63, 3.8) is 0 Å². The van der Waals surface area contributed by atoms with Gasteiger partial charge >= 0.3 is 0 Å². The van der Waals surface area contributed by atoms with Gasteiger partial charge in [0.15, 0.2) is 0 Å². The monoisotopic (exact) mass is 262 g/mol. The van der Waals surface area contributed by atoms with Gasteiger partial charge in [-0.05, 0) is 25.2 Å². The van der Waals surface area contributed by atoms with E-state index in [1.165, 1.54) is 25.8 Å². The van der Waals surface area contributed by atoms with Crippen LogP contribution in [0.3, 0.4) is 0 Å². The van der Waals surface area contributed by atoms with Gasteiger partial charge in [0.25, 0.3) is 5.56 Å². The minimum Gasteiger partial charge on any atom is -0.376 e. The summed E-state index contributed by atoms with van der Waals surface area (Å²) < 4.78 is 1.58. The largest absolute Gasteiger partial charge is 0.376 e. The van der Waals surface area contributed by atoms with E-state index in [1.54, 1.807) is 16.9 Å². The summed E-state index contributed by atoms with van der Waals surface area (Å²) in [5.74, 6) is 0.908. The first-order chi connectivity index (χ1) is 9.13. The molecule has 104 valence electrons. The molecular formula is C14H22N4O. The van der Waals surface area contributed by atoms with Crippen molar-refractivity contribution in [3.05, 3.63) is 22.6 Å². The molecule has 2 atom stereocenters. The minimum absolute atomic E-state index is 0.00411. The third-order valence-electron chi connectivity index (χ3n) is 4.49. The highest BCUT2D eigenvalue weighted by Gasteiger charge is 2.37. The average molecular weight is 262 g/mol. The van der Waals surface area contributed by atoms with Crippen molar-refractivity contribution in [3.8, 4) is 0 Å². The van der Waals surface area contributed by atoms with Crippen molar-refractivity contribution in [2.75, 3.05) is 32.1 Å². The van der Waals surface area contributed by atoms with Crippen LogP contribution in [0.2, 0.25) is 0 Å². The van der Waals surface area contributed by atoms with Crippen LogP contribution in [0.25, 0.3) is 0 Å². The molecule has 0 unspecified atom stereocenters. The fourth-order valence-electron chi connectivity index (χ4n) is 3.36. The second-order valence-electron chi connectivity index (χ2n) is 6.00. The van der Waals surface area contributed by atoms with Gasteiger partial charge in [-0.1, -0.05) is 0 Å². The Kier molecular flexibility index (Phi) is 3.31. The number of anilines is 1. The summed E-state index contributed by atoms with van der Waals surface area (Å²) in [4.78, 5) is 16.4. The van der Waals surface area contributed by atoms with Crippen molar-refractivity contribution in [1.29, 1.82) is 0 Å². The lowest BCUT2D eigenvalue weighted by atomic mass is 10.1. The molecule has 1 aromatic heterocycles. The number of hydrogen-bond acceptors (Lipinski definition) is 4. The van der Waals surface area contributed by atoms with Gasteiger partial charge in [0, 0.05) is 39.3 Å². The molecule has 3 rings (SSSR count). The molecule has 1 saturated carbocycles. The molecule has 5 nitrogen and oxygen atoms in total. The molecular weight excluding hydrogens is 240 g/mol. The molecule has 0 spiro atoms. The maximum atomic E-state index is 12.0. The highest BCUT2D eigenvalue weighted by molar-refractivity contribution is 5.40. The Labute approximate surface area is 113 Å². The van der Waals surface area contributed by atoms with Crippen LogP contribution in [0, 0.1) is 5.92 Å². The van der Waals surface area contributed by atoms with Gasteiger partial charge in [-0.15, -0.1) is 0 Å². The molecule has 0 aromatic carbocycles. The summed E-state index contributed by atoms with van der Waals surface area (Å²) in [6.07, 6.45) is 5.86. The number of fused-ring (bicyclic) bond motifs is 2. The van der Waals surface area contributed by atoms with Crippen molar-refractivity contribution in [2.24, 2.45) is 5.92 Å². The summed E-state index contributed by atoms with van der Waals surface area (Å²) in [5.41, 5.74) is 0.858. The van der Waals surface area contributed by atoms with Gasteiger partial charge in [-0.2, -0.15) is 5.10 Å². The van der Waals surface area contributed by atoms with Crippen molar-refractivity contribution >= 4 is 5.69 Å². The maximum absolute atomic E-state index is 12.0. The SMILES string of the molecule is CN(C)c1cnn(CCN2C[C@@H]3CC[C@@H]2C3)c(=O)c1. The van der Waals surface area contributed by atoms with E-state index >= 15 is 0 Å². The quantitative estimate of drug-likeness (QED) is 0.804. The van der Waals surface area contributed by atoms with Gasteiger partial charge < -0.3 is 4.90 Å². The minimum atomic E-state index is -0.00411. The van der Waals surface area contributed by atoms with E-state index in [0.717, 1.165) is 24.2 Å². The van der Waals surface area contributed by atoms with E-state index in [2.05, 4.69) is 10.00 Å². The molecule has 1 aromatic rings. The van der Waals surface area contributed by atoms with Crippen molar-refractivity contribution in [2.45, 2.75) is 31.8 Å². The van der Waals surface area contributed by atoms with E-state index < -0.39 is 0 Å². The topological polar surface area (TPSA) is 41.4 Å². The average Bonchev–Trinajstić information content (AvgIpc) is 2.99. The first-order valence-corrected chi connectivity index (χ1v) is 7.12. The molecule has 2 aliphatic rings. The summed E-state index contributed by atoms with van der Waals surface area (Å²) >= 11 is 0. The zero-order chi connectivity index (χ0) is 13.4. The molecule has 5 heteroatoms. The lowest BCUT2D eigenvalue weighted by Gasteiger charge is -2.26. The Balaban J connectivity index is 1.62. The fraction of sp³-hybridized carbons (Fsp3) is 0.714. The zero-order valence-corrected chi connectivity index (χ0v) is 11.7. The number of nitrogens with zero attached hydrogens (tertiary/aromatic N) is 4.